The molecule has 0 radical (unpaired) electrons. The molecular weight excluding hydrogens is 493 g/mol. The van der Waals surface area contributed by atoms with E-state index in [9.17, 15) is 23.2 Å². The van der Waals surface area contributed by atoms with E-state index in [0.717, 1.165) is 25.0 Å². The van der Waals surface area contributed by atoms with Gasteiger partial charge in [-0.05, 0) is 54.0 Å². The predicted octanol–water partition coefficient (Wildman–Crippen LogP) is 6.25. The van der Waals surface area contributed by atoms with Gasteiger partial charge in [-0.2, -0.15) is 18.4 Å². The van der Waals surface area contributed by atoms with Gasteiger partial charge >= 0.3 is 6.18 Å². The summed E-state index contributed by atoms with van der Waals surface area (Å²) >= 11 is 0. The van der Waals surface area contributed by atoms with Crippen LogP contribution in [0.4, 0.5) is 13.2 Å². The zero-order valence-corrected chi connectivity index (χ0v) is 22.0. The van der Waals surface area contributed by atoms with Crippen molar-refractivity contribution in [3.63, 3.8) is 0 Å². The molecule has 3 aromatic rings. The number of aryl methyl sites for hydroxylation is 1. The van der Waals surface area contributed by atoms with Gasteiger partial charge in [-0.25, -0.2) is 4.98 Å². The molecule has 38 heavy (non-hydrogen) atoms. The molecule has 2 aromatic heterocycles. The van der Waals surface area contributed by atoms with Crippen LogP contribution in [0.15, 0.2) is 42.9 Å². The molecule has 4 rings (SSSR count). The number of carbonyl (C=O) groups excluding carboxylic acids is 1. The van der Waals surface area contributed by atoms with Crippen LogP contribution in [0.1, 0.15) is 65.2 Å². The molecule has 0 atom stereocenters. The number of hydrogen-bond acceptors (Lipinski definition) is 5. The zero-order chi connectivity index (χ0) is 27.8. The summed E-state index contributed by atoms with van der Waals surface area (Å²) in [5.74, 6) is -0.0294. The Bertz CT molecular complexity index is 1420. The number of alkyl halides is 3. The third-order valence-electron chi connectivity index (χ3n) is 7.33. The number of ether oxygens (including phenoxy) is 1. The van der Waals surface area contributed by atoms with Crippen LogP contribution in [0, 0.1) is 17.2 Å². The third-order valence-corrected chi connectivity index (χ3v) is 7.33. The number of carbonyl (C=O) groups is 1. The Morgan fingerprint density at radius 1 is 1.26 bits per heavy atom. The molecule has 0 saturated carbocycles. The van der Waals surface area contributed by atoms with Crippen LogP contribution in [0.5, 0.6) is 5.75 Å². The smallest absolute Gasteiger partial charge is 0.417 e. The number of fused-ring (bicyclic) bond motifs is 1. The lowest BCUT2D eigenvalue weighted by atomic mass is 9.86. The van der Waals surface area contributed by atoms with Gasteiger partial charge in [0.1, 0.15) is 11.4 Å². The summed E-state index contributed by atoms with van der Waals surface area (Å²) in [5, 5.41) is 9.33. The second kappa shape index (κ2) is 10.5. The fraction of sp³-hybridized carbons (Fsp3) is 0.414. The maximum absolute atomic E-state index is 14.7. The lowest BCUT2D eigenvalue weighted by Crippen LogP contribution is -2.33. The SMILES string of the molecule is C=C(C(C)C)N1CCC(c2cn(C)c3ncc(CC(=O)c4cc(C#N)cc(OC)c4)c(C(F)(F)F)c23)CC1. The van der Waals surface area contributed by atoms with Gasteiger partial charge in [0.25, 0.3) is 0 Å². The molecule has 1 saturated heterocycles. The highest BCUT2D eigenvalue weighted by atomic mass is 19.4. The first-order valence-electron chi connectivity index (χ1n) is 12.5. The molecule has 3 heterocycles. The van der Waals surface area contributed by atoms with Crippen LogP contribution in [0.3, 0.4) is 0 Å². The second-order valence-corrected chi connectivity index (χ2v) is 10.1. The van der Waals surface area contributed by atoms with Crippen molar-refractivity contribution < 1.29 is 22.7 Å². The number of hydrogen-bond donors (Lipinski definition) is 0. The average Bonchev–Trinajstić information content (AvgIpc) is 3.22. The number of rotatable bonds is 7. The van der Waals surface area contributed by atoms with Gasteiger partial charge in [0.05, 0.1) is 24.3 Å². The maximum atomic E-state index is 14.7. The summed E-state index contributed by atoms with van der Waals surface area (Å²) in [4.78, 5) is 19.7. The lowest BCUT2D eigenvalue weighted by molar-refractivity contribution is -0.136. The number of nitriles is 1. The average molecular weight is 525 g/mol. The highest BCUT2D eigenvalue weighted by Gasteiger charge is 2.39. The maximum Gasteiger partial charge on any atom is 0.417 e. The van der Waals surface area contributed by atoms with E-state index in [4.69, 9.17) is 4.74 Å². The number of Topliss-reactive ketones (excluding diaryl/α,β-unsaturated/α-hetero) is 1. The van der Waals surface area contributed by atoms with Crippen LogP contribution >= 0.6 is 0 Å². The van der Waals surface area contributed by atoms with Gasteiger partial charge in [-0.15, -0.1) is 0 Å². The molecule has 0 amide bonds. The fourth-order valence-electron chi connectivity index (χ4n) is 5.24. The van der Waals surface area contributed by atoms with Crippen molar-refractivity contribution in [3.8, 4) is 11.8 Å². The fourth-order valence-corrected chi connectivity index (χ4v) is 5.24. The first kappa shape index (κ1) is 27.2. The number of ketones is 1. The number of pyridine rings is 1. The molecule has 1 fully saturated rings. The van der Waals surface area contributed by atoms with Crippen molar-refractivity contribution in [3.05, 3.63) is 70.7 Å². The van der Waals surface area contributed by atoms with Crippen molar-refractivity contribution >= 4 is 16.8 Å². The van der Waals surface area contributed by atoms with Crippen LogP contribution < -0.4 is 4.74 Å². The minimum absolute atomic E-state index is 0.0646. The van der Waals surface area contributed by atoms with Crippen molar-refractivity contribution in [2.45, 2.75) is 45.2 Å². The summed E-state index contributed by atoms with van der Waals surface area (Å²) in [7, 11) is 3.09. The third kappa shape index (κ3) is 5.26. The van der Waals surface area contributed by atoms with Gasteiger partial charge in [-0.1, -0.05) is 20.4 Å². The lowest BCUT2D eigenvalue weighted by Gasteiger charge is -2.36. The summed E-state index contributed by atoms with van der Waals surface area (Å²) in [6, 6.07) is 6.19. The molecule has 200 valence electrons. The molecule has 1 aliphatic heterocycles. The van der Waals surface area contributed by atoms with Gasteiger partial charge in [0, 0.05) is 55.6 Å². The molecule has 9 heteroatoms. The van der Waals surface area contributed by atoms with Gasteiger partial charge < -0.3 is 14.2 Å². The standard InChI is InChI=1S/C29H31F3N4O2/c1-17(2)18(3)36-8-6-20(7-9-36)24-16-35(4)28-26(24)27(29(30,31)32)22(15-34-28)13-25(37)21-10-19(14-33)11-23(12-21)38-5/h10-12,15-17,20H,3,6-9,13H2,1-2,4-5H3. The Balaban J connectivity index is 1.75. The predicted molar refractivity (Wildman–Crippen MR) is 139 cm³/mol. The van der Waals surface area contributed by atoms with E-state index >= 15 is 0 Å². The minimum Gasteiger partial charge on any atom is -0.497 e. The van der Waals surface area contributed by atoms with Crippen LogP contribution in [-0.2, 0) is 19.6 Å². The number of aromatic nitrogens is 2. The van der Waals surface area contributed by atoms with Crippen LogP contribution in [-0.4, -0.2) is 40.4 Å². The Morgan fingerprint density at radius 3 is 2.53 bits per heavy atom. The monoisotopic (exact) mass is 524 g/mol. The molecule has 0 N–H and O–H groups in total. The first-order chi connectivity index (χ1) is 17.9. The van der Waals surface area contributed by atoms with Gasteiger partial charge in [-0.3, -0.25) is 4.79 Å². The number of nitrogens with zero attached hydrogens (tertiary/aromatic N) is 4. The number of likely N-dealkylation sites (tertiary alicyclic amines) is 1. The summed E-state index contributed by atoms with van der Waals surface area (Å²) in [6.07, 6.45) is -0.897. The molecule has 0 unspecified atom stereocenters. The molecule has 6 nitrogen and oxygen atoms in total. The summed E-state index contributed by atoms with van der Waals surface area (Å²) in [6.45, 7) is 9.77. The number of allylic oxidation sites excluding steroid dienone is 1. The first-order valence-corrected chi connectivity index (χ1v) is 12.5. The number of benzene rings is 1. The van der Waals surface area contributed by atoms with E-state index in [1.165, 1.54) is 25.3 Å². The molecule has 0 aliphatic carbocycles. The van der Waals surface area contributed by atoms with Gasteiger partial charge in [0.2, 0.25) is 0 Å². The van der Waals surface area contributed by atoms with E-state index < -0.39 is 23.9 Å². The zero-order valence-electron chi connectivity index (χ0n) is 22.0. The van der Waals surface area contributed by atoms with Crippen LogP contribution in [0.2, 0.25) is 0 Å². The largest absolute Gasteiger partial charge is 0.497 e. The second-order valence-electron chi connectivity index (χ2n) is 10.1. The summed E-state index contributed by atoms with van der Waals surface area (Å²) in [5.41, 5.74) is 1.19. The number of halogens is 3. The Kier molecular flexibility index (Phi) is 7.54. The van der Waals surface area contributed by atoms with Gasteiger partial charge in [0.15, 0.2) is 5.78 Å². The normalized spacial score (nSPS) is 14.7. The molecule has 1 aromatic carbocycles. The van der Waals surface area contributed by atoms with Crippen molar-refractivity contribution in [1.29, 1.82) is 5.26 Å². The van der Waals surface area contributed by atoms with E-state index in [1.807, 2.05) is 6.07 Å². The molecule has 1 aliphatic rings. The Labute approximate surface area is 220 Å². The van der Waals surface area contributed by atoms with E-state index in [-0.39, 0.29) is 39.4 Å². The van der Waals surface area contributed by atoms with Crippen molar-refractivity contribution in [2.24, 2.45) is 13.0 Å². The summed E-state index contributed by atoms with van der Waals surface area (Å²) < 4.78 is 50.7. The van der Waals surface area contributed by atoms with E-state index in [2.05, 4.69) is 30.3 Å². The minimum atomic E-state index is -4.69. The Hall–Kier alpha value is -3.80. The number of methoxy groups -OCH3 is 1. The number of piperidine rings is 1. The van der Waals surface area contributed by atoms with E-state index in [0.29, 0.717) is 24.3 Å². The van der Waals surface area contributed by atoms with Crippen molar-refractivity contribution in [1.82, 2.24) is 14.5 Å². The quantitative estimate of drug-likeness (QED) is 0.342. The highest BCUT2D eigenvalue weighted by Crippen LogP contribution is 2.43. The highest BCUT2D eigenvalue weighted by molar-refractivity contribution is 5.99. The molecule has 0 bridgehead atoms. The molecular formula is C29H31F3N4O2. The molecule has 0 spiro atoms. The van der Waals surface area contributed by atoms with Crippen molar-refractivity contribution in [2.75, 3.05) is 20.2 Å². The Morgan fingerprint density at radius 2 is 1.95 bits per heavy atom. The van der Waals surface area contributed by atoms with Crippen LogP contribution in [0.25, 0.3) is 11.0 Å². The topological polar surface area (TPSA) is 71.2 Å². The van der Waals surface area contributed by atoms with E-state index in [1.54, 1.807) is 17.8 Å².